The van der Waals surface area contributed by atoms with Crippen LogP contribution in [0.1, 0.15) is 12.5 Å². The van der Waals surface area contributed by atoms with Crippen molar-refractivity contribution in [2.75, 3.05) is 5.75 Å². The highest BCUT2D eigenvalue weighted by molar-refractivity contribution is 8.20. The number of nitro benzene ring substituents is 1. The fraction of sp³-hybridized carbons (Fsp3) is 0.333. The van der Waals surface area contributed by atoms with Crippen LogP contribution in [0.5, 0.6) is 0 Å². The maximum Gasteiger partial charge on any atom is 0.276 e. The zero-order valence-corrected chi connectivity index (χ0v) is 11.0. The molecule has 0 unspecified atom stereocenters. The molecule has 1 aliphatic rings. The lowest BCUT2D eigenvalue weighted by atomic mass is 10.2. The number of hydrogen-bond acceptors (Lipinski definition) is 4. The second-order valence-electron chi connectivity index (χ2n) is 3.82. The molecule has 90 valence electrons. The van der Waals surface area contributed by atoms with Crippen molar-refractivity contribution in [3.63, 3.8) is 0 Å². The van der Waals surface area contributed by atoms with E-state index in [0.717, 1.165) is 5.75 Å². The molecule has 1 aliphatic heterocycles. The summed E-state index contributed by atoms with van der Waals surface area (Å²) in [5, 5.41) is 11.5. The summed E-state index contributed by atoms with van der Waals surface area (Å²) in [6.45, 7) is 2.20. The van der Waals surface area contributed by atoms with Gasteiger partial charge in [-0.2, -0.15) is 0 Å². The summed E-state index contributed by atoms with van der Waals surface area (Å²) in [5.41, 5.74) is 0.850. The standard InChI is InChI=1S/C12H13NO2S2/c1-9-8-16-12(17-9)7-6-10-4-2-3-5-11(10)13(14)15/h2-7,9,12H,8H2,1H3/b7-6+/t9-,12-/m0/s1. The van der Waals surface area contributed by atoms with Gasteiger partial charge in [0.25, 0.3) is 5.69 Å². The largest absolute Gasteiger partial charge is 0.276 e. The van der Waals surface area contributed by atoms with Crippen LogP contribution in [0.25, 0.3) is 6.08 Å². The fourth-order valence-electron chi connectivity index (χ4n) is 1.62. The first-order valence-corrected chi connectivity index (χ1v) is 7.34. The minimum absolute atomic E-state index is 0.171. The molecule has 0 bridgehead atoms. The highest BCUT2D eigenvalue weighted by Crippen LogP contribution is 2.38. The van der Waals surface area contributed by atoms with Crippen LogP contribution in [0.2, 0.25) is 0 Å². The topological polar surface area (TPSA) is 43.1 Å². The lowest BCUT2D eigenvalue weighted by Crippen LogP contribution is -1.92. The van der Waals surface area contributed by atoms with Crippen molar-refractivity contribution in [2.24, 2.45) is 0 Å². The fourth-order valence-corrected chi connectivity index (χ4v) is 4.56. The zero-order chi connectivity index (χ0) is 12.3. The zero-order valence-electron chi connectivity index (χ0n) is 9.41. The second-order valence-corrected chi connectivity index (χ2v) is 6.88. The van der Waals surface area contributed by atoms with Crippen LogP contribution >= 0.6 is 23.5 Å². The smallest absolute Gasteiger partial charge is 0.258 e. The van der Waals surface area contributed by atoms with E-state index in [1.807, 2.05) is 35.7 Å². The summed E-state index contributed by atoms with van der Waals surface area (Å²) in [4.78, 5) is 10.5. The minimum atomic E-state index is -0.336. The summed E-state index contributed by atoms with van der Waals surface area (Å²) in [6, 6.07) is 6.83. The Morgan fingerprint density at radius 1 is 1.47 bits per heavy atom. The van der Waals surface area contributed by atoms with Crippen molar-refractivity contribution in [1.82, 2.24) is 0 Å². The van der Waals surface area contributed by atoms with Crippen molar-refractivity contribution in [3.8, 4) is 0 Å². The van der Waals surface area contributed by atoms with Gasteiger partial charge in [-0.25, -0.2) is 0 Å². The summed E-state index contributed by atoms with van der Waals surface area (Å²) >= 11 is 3.80. The van der Waals surface area contributed by atoms with Crippen LogP contribution < -0.4 is 0 Å². The molecule has 1 aromatic carbocycles. The number of rotatable bonds is 3. The Kier molecular flexibility index (Phi) is 4.12. The highest BCUT2D eigenvalue weighted by atomic mass is 32.2. The molecule has 0 amide bonds. The average Bonchev–Trinajstić information content (AvgIpc) is 2.73. The minimum Gasteiger partial charge on any atom is -0.258 e. The van der Waals surface area contributed by atoms with E-state index in [4.69, 9.17) is 0 Å². The normalized spacial score (nSPS) is 24.3. The van der Waals surface area contributed by atoms with Crippen molar-refractivity contribution in [3.05, 3.63) is 46.0 Å². The molecule has 0 radical (unpaired) electrons. The number of thioether (sulfide) groups is 2. The van der Waals surface area contributed by atoms with Gasteiger partial charge in [-0.3, -0.25) is 10.1 Å². The van der Waals surface area contributed by atoms with Crippen molar-refractivity contribution in [1.29, 1.82) is 0 Å². The number of hydrogen-bond donors (Lipinski definition) is 0. The van der Waals surface area contributed by atoms with Gasteiger partial charge in [-0.05, 0) is 6.07 Å². The number of para-hydroxylation sites is 1. The van der Waals surface area contributed by atoms with Crippen molar-refractivity contribution in [2.45, 2.75) is 16.8 Å². The molecule has 0 aromatic heterocycles. The first-order valence-electron chi connectivity index (χ1n) is 5.35. The van der Waals surface area contributed by atoms with Gasteiger partial charge < -0.3 is 0 Å². The van der Waals surface area contributed by atoms with E-state index >= 15 is 0 Å². The summed E-state index contributed by atoms with van der Waals surface area (Å²) in [5.74, 6) is 1.15. The summed E-state index contributed by atoms with van der Waals surface area (Å²) < 4.78 is 0.421. The molecule has 1 aromatic rings. The highest BCUT2D eigenvalue weighted by Gasteiger charge is 2.20. The molecule has 1 fully saturated rings. The Morgan fingerprint density at radius 2 is 2.24 bits per heavy atom. The molecule has 3 nitrogen and oxygen atoms in total. The molecule has 0 aliphatic carbocycles. The third-order valence-electron chi connectivity index (χ3n) is 2.43. The van der Waals surface area contributed by atoms with Gasteiger partial charge in [-0.15, -0.1) is 23.5 Å². The Balaban J connectivity index is 2.13. The van der Waals surface area contributed by atoms with Crippen LogP contribution in [0, 0.1) is 10.1 Å². The molecular formula is C12H13NO2S2. The van der Waals surface area contributed by atoms with E-state index < -0.39 is 0 Å². The third kappa shape index (κ3) is 3.26. The molecule has 1 heterocycles. The van der Waals surface area contributed by atoms with E-state index in [1.165, 1.54) is 6.07 Å². The number of nitrogens with zero attached hydrogens (tertiary/aromatic N) is 1. The Labute approximate surface area is 109 Å². The number of benzene rings is 1. The van der Waals surface area contributed by atoms with Gasteiger partial charge in [0, 0.05) is 17.1 Å². The monoisotopic (exact) mass is 267 g/mol. The van der Waals surface area contributed by atoms with Crippen LogP contribution in [-0.4, -0.2) is 20.5 Å². The van der Waals surface area contributed by atoms with Crippen LogP contribution in [0.4, 0.5) is 5.69 Å². The van der Waals surface area contributed by atoms with E-state index in [0.29, 0.717) is 15.4 Å². The quantitative estimate of drug-likeness (QED) is 0.617. The van der Waals surface area contributed by atoms with E-state index in [9.17, 15) is 10.1 Å². The van der Waals surface area contributed by atoms with Gasteiger partial charge >= 0.3 is 0 Å². The molecule has 0 saturated carbocycles. The van der Waals surface area contributed by atoms with E-state index in [-0.39, 0.29) is 10.6 Å². The predicted octanol–water partition coefficient (Wildman–Crippen LogP) is 3.80. The number of nitro groups is 1. The lowest BCUT2D eigenvalue weighted by molar-refractivity contribution is -0.385. The van der Waals surface area contributed by atoms with Gasteiger partial charge in [0.1, 0.15) is 0 Å². The predicted molar refractivity (Wildman–Crippen MR) is 75.4 cm³/mol. The Morgan fingerprint density at radius 3 is 2.88 bits per heavy atom. The Bertz CT molecular complexity index is 448. The molecule has 0 N–H and O–H groups in total. The van der Waals surface area contributed by atoms with Gasteiger partial charge in [0.05, 0.1) is 15.1 Å². The maximum absolute atomic E-state index is 10.8. The summed E-state index contributed by atoms with van der Waals surface area (Å²) in [7, 11) is 0. The maximum atomic E-state index is 10.8. The first kappa shape index (κ1) is 12.5. The lowest BCUT2D eigenvalue weighted by Gasteiger charge is -2.01. The first-order chi connectivity index (χ1) is 8.16. The van der Waals surface area contributed by atoms with Crippen LogP contribution in [0.15, 0.2) is 30.3 Å². The molecule has 2 rings (SSSR count). The van der Waals surface area contributed by atoms with Crippen LogP contribution in [0.3, 0.4) is 0 Å². The third-order valence-corrected chi connectivity index (χ3v) is 5.62. The molecular weight excluding hydrogens is 254 g/mol. The van der Waals surface area contributed by atoms with E-state index in [1.54, 1.807) is 12.1 Å². The molecule has 2 atom stereocenters. The Hall–Kier alpha value is -0.940. The molecule has 17 heavy (non-hydrogen) atoms. The SMILES string of the molecule is C[C@H]1CS[C@H](/C=C/c2ccccc2[N+](=O)[O-])S1. The molecule has 0 spiro atoms. The van der Waals surface area contributed by atoms with Gasteiger partial charge in [0.2, 0.25) is 0 Å². The molecule has 1 saturated heterocycles. The second kappa shape index (κ2) is 5.60. The van der Waals surface area contributed by atoms with Gasteiger partial charge in [-0.1, -0.05) is 31.2 Å². The molecule has 5 heteroatoms. The average molecular weight is 267 g/mol. The van der Waals surface area contributed by atoms with Crippen molar-refractivity contribution >= 4 is 35.3 Å². The van der Waals surface area contributed by atoms with Crippen molar-refractivity contribution < 1.29 is 4.92 Å². The van der Waals surface area contributed by atoms with Crippen LogP contribution in [-0.2, 0) is 0 Å². The summed E-state index contributed by atoms with van der Waals surface area (Å²) in [6.07, 6.45) is 3.92. The van der Waals surface area contributed by atoms with E-state index in [2.05, 4.69) is 13.0 Å². The van der Waals surface area contributed by atoms with Gasteiger partial charge in [0.15, 0.2) is 0 Å².